The van der Waals surface area contributed by atoms with E-state index >= 15 is 0 Å². The van der Waals surface area contributed by atoms with Crippen molar-refractivity contribution in [1.29, 1.82) is 0 Å². The molecule has 1 heterocycles. The van der Waals surface area contributed by atoms with Crippen LogP contribution in [0, 0.1) is 6.92 Å². The number of ether oxygens (including phenoxy) is 2. The smallest absolute Gasteiger partial charge is 0.221 e. The van der Waals surface area contributed by atoms with Gasteiger partial charge in [0.1, 0.15) is 21.9 Å². The molecule has 1 aromatic heterocycles. The minimum Gasteiger partial charge on any atom is -0.493 e. The first kappa shape index (κ1) is 24.5. The van der Waals surface area contributed by atoms with E-state index in [0.717, 1.165) is 16.7 Å². The molecule has 0 saturated carbocycles. The monoisotopic (exact) mass is 466 g/mol. The average molecular weight is 467 g/mol. The summed E-state index contributed by atoms with van der Waals surface area (Å²) in [7, 11) is 3.73. The minimum atomic E-state index is -0.895. The molecule has 0 radical (unpaired) electrons. The Hall–Kier alpha value is -3.10. The van der Waals surface area contributed by atoms with E-state index in [-0.39, 0.29) is 17.2 Å². The molecule has 176 valence electrons. The van der Waals surface area contributed by atoms with Gasteiger partial charge in [0.15, 0.2) is 11.5 Å². The fourth-order valence-electron chi connectivity index (χ4n) is 4.34. The molecular weight excluding hydrogens is 432 g/mol. The Morgan fingerprint density at radius 1 is 0.939 bits per heavy atom. The Balaban J connectivity index is 2.35. The van der Waals surface area contributed by atoms with E-state index in [9.17, 15) is 0 Å². The molecule has 4 N–H and O–H groups in total. The van der Waals surface area contributed by atoms with Crippen molar-refractivity contribution in [3.63, 3.8) is 0 Å². The molecule has 3 rings (SSSR count). The second-order valence-corrected chi connectivity index (χ2v) is 9.66. The molecule has 3 aromatic rings. The summed E-state index contributed by atoms with van der Waals surface area (Å²) in [6.45, 7) is 10.7. The van der Waals surface area contributed by atoms with Crippen LogP contribution in [0.15, 0.2) is 36.5 Å². The van der Waals surface area contributed by atoms with Gasteiger partial charge in [0, 0.05) is 17.3 Å². The van der Waals surface area contributed by atoms with Crippen LogP contribution in [0.4, 0.5) is 11.8 Å². The van der Waals surface area contributed by atoms with Crippen molar-refractivity contribution in [3.8, 4) is 22.6 Å². The highest BCUT2D eigenvalue weighted by Gasteiger charge is 2.34. The molecule has 0 aliphatic carbocycles. The molecule has 0 spiro atoms. The predicted molar refractivity (Wildman–Crippen MR) is 137 cm³/mol. The fourth-order valence-corrected chi connectivity index (χ4v) is 4.80. The summed E-state index contributed by atoms with van der Waals surface area (Å²) in [4.78, 5) is 8.30. The number of nitrogens with zero attached hydrogens (tertiary/aromatic N) is 2. The third-order valence-electron chi connectivity index (χ3n) is 6.22. The second kappa shape index (κ2) is 9.03. The molecule has 0 fully saturated rings. The Labute approximate surface area is 199 Å². The van der Waals surface area contributed by atoms with Gasteiger partial charge >= 0.3 is 0 Å². The Bertz CT molecular complexity index is 1180. The molecule has 1 atom stereocenters. The van der Waals surface area contributed by atoms with E-state index in [1.165, 1.54) is 11.1 Å². The van der Waals surface area contributed by atoms with Crippen LogP contribution in [0.2, 0.25) is 0 Å². The Kier molecular flexibility index (Phi) is 6.72. The van der Waals surface area contributed by atoms with Crippen molar-refractivity contribution in [2.24, 2.45) is 0 Å². The van der Waals surface area contributed by atoms with E-state index in [4.69, 9.17) is 25.4 Å². The van der Waals surface area contributed by atoms with Gasteiger partial charge in [0.05, 0.1) is 14.2 Å². The second-order valence-electron chi connectivity index (χ2n) is 9.25. The van der Waals surface area contributed by atoms with Gasteiger partial charge in [-0.3, -0.25) is 0 Å². The van der Waals surface area contributed by atoms with E-state index in [1.807, 2.05) is 13.0 Å². The molecule has 0 aliphatic rings. The maximum absolute atomic E-state index is 6.24. The van der Waals surface area contributed by atoms with E-state index in [2.05, 4.69) is 61.9 Å². The summed E-state index contributed by atoms with van der Waals surface area (Å²) in [6.07, 6.45) is 1.62. The van der Waals surface area contributed by atoms with Crippen LogP contribution in [-0.2, 0) is 15.4 Å². The highest BCUT2D eigenvalue weighted by atomic mass is 28.2. The van der Waals surface area contributed by atoms with Gasteiger partial charge in [-0.1, -0.05) is 39.0 Å². The standard InChI is InChI=1S/C25H34N4O3Si/c1-14-16(9-8-10-18(14)24(2,3)4)17-11-15(12-20(30-6)21(17)31-7)25(5,32-33)19-13-28-23(27)29-22(19)26/h8-13H,1-7,33H3,(H4,26,27,28,29). The van der Waals surface area contributed by atoms with Crippen LogP contribution in [-0.4, -0.2) is 34.7 Å². The molecular formula is C25H34N4O3Si. The van der Waals surface area contributed by atoms with Crippen LogP contribution < -0.4 is 20.9 Å². The zero-order chi connectivity index (χ0) is 24.6. The number of benzene rings is 2. The number of anilines is 2. The molecule has 0 amide bonds. The van der Waals surface area contributed by atoms with E-state index in [0.29, 0.717) is 27.5 Å². The van der Waals surface area contributed by atoms with E-state index < -0.39 is 5.60 Å². The van der Waals surface area contributed by atoms with Gasteiger partial charge in [-0.2, -0.15) is 4.98 Å². The van der Waals surface area contributed by atoms with Crippen molar-refractivity contribution >= 4 is 22.3 Å². The number of hydrogen-bond donors (Lipinski definition) is 2. The summed E-state index contributed by atoms with van der Waals surface area (Å²) >= 11 is 0. The summed E-state index contributed by atoms with van der Waals surface area (Å²) in [5.41, 5.74) is 17.0. The minimum absolute atomic E-state index is 0.00255. The normalized spacial score (nSPS) is 13.5. The molecule has 1 unspecified atom stereocenters. The maximum Gasteiger partial charge on any atom is 0.221 e. The highest BCUT2D eigenvalue weighted by molar-refractivity contribution is 5.98. The molecule has 8 heteroatoms. The summed E-state index contributed by atoms with van der Waals surface area (Å²) in [5, 5.41) is 0. The lowest BCUT2D eigenvalue weighted by Crippen LogP contribution is -2.29. The van der Waals surface area contributed by atoms with Crippen molar-refractivity contribution < 1.29 is 13.9 Å². The molecule has 0 aliphatic heterocycles. The number of rotatable bonds is 6. The zero-order valence-electron chi connectivity index (χ0n) is 20.7. The third-order valence-corrected chi connectivity index (χ3v) is 7.04. The van der Waals surface area contributed by atoms with E-state index in [1.54, 1.807) is 20.4 Å². The number of aromatic nitrogens is 2. The van der Waals surface area contributed by atoms with Crippen LogP contribution >= 0.6 is 0 Å². The number of hydrogen-bond acceptors (Lipinski definition) is 7. The van der Waals surface area contributed by atoms with Gasteiger partial charge in [-0.05, 0) is 53.6 Å². The number of nitrogens with two attached hydrogens (primary N) is 2. The van der Waals surface area contributed by atoms with Crippen molar-refractivity contribution in [2.75, 3.05) is 25.7 Å². The summed E-state index contributed by atoms with van der Waals surface area (Å²) in [5.74, 6) is 1.66. The lowest BCUT2D eigenvalue weighted by atomic mass is 9.80. The molecule has 2 aromatic carbocycles. The van der Waals surface area contributed by atoms with Crippen molar-refractivity contribution in [2.45, 2.75) is 45.6 Å². The lowest BCUT2D eigenvalue weighted by molar-refractivity contribution is 0.148. The first-order chi connectivity index (χ1) is 15.5. The lowest BCUT2D eigenvalue weighted by Gasteiger charge is -2.32. The van der Waals surface area contributed by atoms with Crippen LogP contribution in [0.25, 0.3) is 11.1 Å². The first-order valence-corrected chi connectivity index (χ1v) is 11.6. The van der Waals surface area contributed by atoms with Crippen LogP contribution in [0.5, 0.6) is 11.5 Å². The average Bonchev–Trinajstić information content (AvgIpc) is 2.77. The van der Waals surface area contributed by atoms with Crippen molar-refractivity contribution in [1.82, 2.24) is 9.97 Å². The van der Waals surface area contributed by atoms with Gasteiger partial charge in [0.2, 0.25) is 5.95 Å². The highest BCUT2D eigenvalue weighted by Crippen LogP contribution is 2.46. The molecule has 33 heavy (non-hydrogen) atoms. The number of methoxy groups -OCH3 is 2. The topological polar surface area (TPSA) is 106 Å². The Morgan fingerprint density at radius 2 is 1.64 bits per heavy atom. The molecule has 0 bridgehead atoms. The molecule has 0 saturated heterocycles. The van der Waals surface area contributed by atoms with Gasteiger partial charge in [0.25, 0.3) is 0 Å². The van der Waals surface area contributed by atoms with Crippen molar-refractivity contribution in [3.05, 3.63) is 58.8 Å². The van der Waals surface area contributed by atoms with Gasteiger partial charge < -0.3 is 25.4 Å². The summed E-state index contributed by atoms with van der Waals surface area (Å²) in [6, 6.07) is 10.3. The Morgan fingerprint density at radius 3 is 2.18 bits per heavy atom. The fraction of sp³-hybridized carbons (Fsp3) is 0.360. The summed E-state index contributed by atoms with van der Waals surface area (Å²) < 4.78 is 17.7. The maximum atomic E-state index is 6.24. The SMILES string of the molecule is COc1cc(C(C)(O[SiH3])c2cnc(N)nc2N)cc(-c2cccc(C(C)(C)C)c2C)c1OC. The van der Waals surface area contributed by atoms with Crippen LogP contribution in [0.1, 0.15) is 49.9 Å². The van der Waals surface area contributed by atoms with Gasteiger partial charge in [-0.25, -0.2) is 4.98 Å². The van der Waals surface area contributed by atoms with Crippen LogP contribution in [0.3, 0.4) is 0 Å². The predicted octanol–water partition coefficient (Wildman–Crippen LogP) is 3.49. The quantitative estimate of drug-likeness (QED) is 0.536. The number of nitrogen functional groups attached to an aromatic ring is 2. The zero-order valence-corrected chi connectivity index (χ0v) is 22.7. The molecule has 7 nitrogen and oxygen atoms in total. The third kappa shape index (κ3) is 4.40. The largest absolute Gasteiger partial charge is 0.493 e. The first-order valence-electron chi connectivity index (χ1n) is 10.8. The van der Waals surface area contributed by atoms with Gasteiger partial charge in [-0.15, -0.1) is 0 Å².